The number of esters is 1. The number of hydrogen-bond donors (Lipinski definition) is 0. The molecule has 8 heteroatoms. The van der Waals surface area contributed by atoms with Crippen LogP contribution in [-0.2, 0) is 27.3 Å². The Morgan fingerprint density at radius 3 is 2.82 bits per heavy atom. The summed E-state index contributed by atoms with van der Waals surface area (Å²) in [6.07, 6.45) is 2.30. The van der Waals surface area contributed by atoms with Crippen molar-refractivity contribution in [3.05, 3.63) is 44.3 Å². The van der Waals surface area contributed by atoms with E-state index in [2.05, 4.69) is 0 Å². The number of nitrogens with zero attached hydrogens (tertiary/aromatic N) is 2. The van der Waals surface area contributed by atoms with Crippen LogP contribution in [-0.4, -0.2) is 53.8 Å². The predicted molar refractivity (Wildman–Crippen MR) is 107 cm³/mol. The molecule has 2 aromatic rings. The van der Waals surface area contributed by atoms with E-state index in [1.807, 2.05) is 22.9 Å². The zero-order chi connectivity index (χ0) is 19.5. The van der Waals surface area contributed by atoms with Crippen molar-refractivity contribution in [2.24, 2.45) is 5.92 Å². The molecule has 1 unspecified atom stereocenters. The van der Waals surface area contributed by atoms with Gasteiger partial charge in [-0.3, -0.25) is 14.4 Å². The second kappa shape index (κ2) is 8.45. The summed E-state index contributed by atoms with van der Waals surface area (Å²) in [7, 11) is 0. The molecule has 2 amide bonds. The predicted octanol–water partition coefficient (Wildman–Crippen LogP) is 2.79. The van der Waals surface area contributed by atoms with Crippen LogP contribution in [0.4, 0.5) is 0 Å². The molecule has 0 N–H and O–H groups in total. The fourth-order valence-corrected chi connectivity index (χ4v) is 5.29. The van der Waals surface area contributed by atoms with Crippen LogP contribution in [0.2, 0.25) is 0 Å². The number of carbonyl (C=O) groups excluding carboxylic acids is 3. The van der Waals surface area contributed by atoms with E-state index in [0.717, 1.165) is 12.8 Å². The van der Waals surface area contributed by atoms with Gasteiger partial charge in [0.15, 0.2) is 6.61 Å². The zero-order valence-corrected chi connectivity index (χ0v) is 17.1. The molecule has 0 radical (unpaired) electrons. The summed E-state index contributed by atoms with van der Waals surface area (Å²) >= 11 is 3.13. The maximum atomic E-state index is 12.5. The number of hydrogen-bond acceptors (Lipinski definition) is 6. The van der Waals surface area contributed by atoms with Gasteiger partial charge in [-0.15, -0.1) is 22.7 Å². The molecule has 2 aliphatic heterocycles. The highest BCUT2D eigenvalue weighted by Crippen LogP contribution is 2.24. The number of fused-ring (bicyclic) bond motifs is 1. The fourth-order valence-electron chi connectivity index (χ4n) is 3.71. The summed E-state index contributed by atoms with van der Waals surface area (Å²) in [5.41, 5.74) is 1.19. The second-order valence-corrected chi connectivity index (χ2v) is 9.06. The minimum Gasteiger partial charge on any atom is -0.455 e. The highest BCUT2D eigenvalue weighted by atomic mass is 32.1. The van der Waals surface area contributed by atoms with Crippen LogP contribution in [0.25, 0.3) is 0 Å². The molecular weight excluding hydrogens is 396 g/mol. The topological polar surface area (TPSA) is 66.9 Å². The van der Waals surface area contributed by atoms with Gasteiger partial charge in [0, 0.05) is 31.1 Å². The molecule has 0 bridgehead atoms. The molecule has 0 spiro atoms. The lowest BCUT2D eigenvalue weighted by Crippen LogP contribution is -2.43. The number of likely N-dealkylation sites (tertiary alicyclic amines) is 1. The van der Waals surface area contributed by atoms with Gasteiger partial charge in [-0.05, 0) is 47.7 Å². The van der Waals surface area contributed by atoms with E-state index in [-0.39, 0.29) is 30.3 Å². The van der Waals surface area contributed by atoms with E-state index in [1.54, 1.807) is 27.2 Å². The van der Waals surface area contributed by atoms with Crippen molar-refractivity contribution in [3.63, 3.8) is 0 Å². The largest absolute Gasteiger partial charge is 0.455 e. The average Bonchev–Trinajstić information content (AvgIpc) is 3.42. The molecule has 4 heterocycles. The minimum atomic E-state index is -0.384. The van der Waals surface area contributed by atoms with Crippen molar-refractivity contribution >= 4 is 40.5 Å². The smallest absolute Gasteiger partial charge is 0.311 e. The van der Waals surface area contributed by atoms with Gasteiger partial charge in [0.25, 0.3) is 11.8 Å². The van der Waals surface area contributed by atoms with Gasteiger partial charge in [0.05, 0.1) is 10.8 Å². The number of amides is 2. The van der Waals surface area contributed by atoms with Crippen LogP contribution in [0.5, 0.6) is 0 Å². The Labute approximate surface area is 171 Å². The molecular formula is C20H22N2O4S2. The van der Waals surface area contributed by atoms with Crippen molar-refractivity contribution in [3.8, 4) is 0 Å². The number of piperidine rings is 1. The maximum absolute atomic E-state index is 12.5. The van der Waals surface area contributed by atoms with Crippen LogP contribution in [0.15, 0.2) is 29.0 Å². The van der Waals surface area contributed by atoms with E-state index >= 15 is 0 Å². The van der Waals surface area contributed by atoms with E-state index in [9.17, 15) is 14.4 Å². The Morgan fingerprint density at radius 2 is 2.00 bits per heavy atom. The van der Waals surface area contributed by atoms with Crippen molar-refractivity contribution in [2.75, 3.05) is 26.2 Å². The minimum absolute atomic E-state index is 0.0385. The molecule has 0 aliphatic carbocycles. The van der Waals surface area contributed by atoms with Gasteiger partial charge in [-0.1, -0.05) is 6.07 Å². The average molecular weight is 419 g/mol. The van der Waals surface area contributed by atoms with Gasteiger partial charge in [0.1, 0.15) is 0 Å². The van der Waals surface area contributed by atoms with Crippen molar-refractivity contribution in [1.29, 1.82) is 0 Å². The van der Waals surface area contributed by atoms with E-state index in [1.165, 1.54) is 21.8 Å². The van der Waals surface area contributed by atoms with Gasteiger partial charge >= 0.3 is 5.97 Å². The highest BCUT2D eigenvalue weighted by molar-refractivity contribution is 7.12. The lowest BCUT2D eigenvalue weighted by molar-refractivity contribution is -0.157. The van der Waals surface area contributed by atoms with Crippen LogP contribution in [0.1, 0.15) is 33.0 Å². The number of rotatable bonds is 4. The summed E-state index contributed by atoms with van der Waals surface area (Å²) in [5.74, 6) is -0.948. The first kappa shape index (κ1) is 19.1. The third-order valence-corrected chi connectivity index (χ3v) is 7.15. The van der Waals surface area contributed by atoms with Crippen LogP contribution < -0.4 is 0 Å². The third kappa shape index (κ3) is 4.12. The first-order valence-corrected chi connectivity index (χ1v) is 11.2. The molecule has 1 atom stereocenters. The first-order chi connectivity index (χ1) is 13.6. The van der Waals surface area contributed by atoms with Crippen LogP contribution in [0, 0.1) is 5.92 Å². The summed E-state index contributed by atoms with van der Waals surface area (Å²) in [5, 5.41) is 3.92. The maximum Gasteiger partial charge on any atom is 0.311 e. The Morgan fingerprint density at radius 1 is 1.11 bits per heavy atom. The lowest BCUT2D eigenvalue weighted by Gasteiger charge is -2.31. The molecule has 1 fully saturated rings. The number of thiophene rings is 2. The van der Waals surface area contributed by atoms with E-state index in [4.69, 9.17) is 4.74 Å². The third-order valence-electron chi connectivity index (χ3n) is 5.27. The molecule has 2 aromatic heterocycles. The second-order valence-electron chi connectivity index (χ2n) is 7.11. The Bertz CT molecular complexity index is 861. The molecule has 148 valence electrons. The molecule has 6 nitrogen and oxygen atoms in total. The summed E-state index contributed by atoms with van der Waals surface area (Å²) in [6.45, 7) is 2.02. The van der Waals surface area contributed by atoms with Crippen LogP contribution in [0.3, 0.4) is 0 Å². The quantitative estimate of drug-likeness (QED) is 0.716. The normalized spacial score (nSPS) is 19.2. The fraction of sp³-hybridized carbons (Fsp3) is 0.450. The summed E-state index contributed by atoms with van der Waals surface area (Å²) in [6, 6.07) is 5.69. The summed E-state index contributed by atoms with van der Waals surface area (Å²) < 4.78 is 5.32. The van der Waals surface area contributed by atoms with Gasteiger partial charge in [-0.2, -0.15) is 0 Å². The SMILES string of the molecule is O=C(OCC(=O)N1CCc2sccc2C1)C1CCCN(C(=O)c2cccs2)C1. The van der Waals surface area contributed by atoms with Gasteiger partial charge in [0.2, 0.25) is 0 Å². The van der Waals surface area contributed by atoms with Crippen molar-refractivity contribution in [1.82, 2.24) is 9.80 Å². The monoisotopic (exact) mass is 418 g/mol. The molecule has 2 aliphatic rings. The Kier molecular flexibility index (Phi) is 5.77. The lowest BCUT2D eigenvalue weighted by atomic mass is 9.98. The van der Waals surface area contributed by atoms with E-state index in [0.29, 0.717) is 37.5 Å². The van der Waals surface area contributed by atoms with Crippen molar-refractivity contribution < 1.29 is 19.1 Å². The number of carbonyl (C=O) groups is 3. The molecule has 4 rings (SSSR count). The van der Waals surface area contributed by atoms with Crippen molar-refractivity contribution in [2.45, 2.75) is 25.8 Å². The molecule has 28 heavy (non-hydrogen) atoms. The van der Waals surface area contributed by atoms with Crippen LogP contribution >= 0.6 is 22.7 Å². The van der Waals surface area contributed by atoms with E-state index < -0.39 is 0 Å². The van der Waals surface area contributed by atoms with Gasteiger partial charge in [-0.25, -0.2) is 0 Å². The molecule has 0 aromatic carbocycles. The van der Waals surface area contributed by atoms with Gasteiger partial charge < -0.3 is 14.5 Å². The standard InChI is InChI=1S/C20H22N2O4S2/c23-18(21-8-5-16-14(11-21)6-10-28-16)13-26-20(25)15-3-1-7-22(12-15)19(24)17-4-2-9-27-17/h2,4,6,9-10,15H,1,3,5,7-8,11-13H2. The first-order valence-electron chi connectivity index (χ1n) is 9.44. The molecule has 1 saturated heterocycles. The zero-order valence-electron chi connectivity index (χ0n) is 15.5. The Hall–Kier alpha value is -2.19. The summed E-state index contributed by atoms with van der Waals surface area (Å²) in [4.78, 5) is 42.9. The molecule has 0 saturated carbocycles. The highest BCUT2D eigenvalue weighted by Gasteiger charge is 2.31. The Balaban J connectivity index is 1.27. The number of ether oxygens (including phenoxy) is 1.